The van der Waals surface area contributed by atoms with Crippen molar-refractivity contribution in [3.63, 3.8) is 0 Å². The van der Waals surface area contributed by atoms with Gasteiger partial charge < -0.3 is 4.42 Å². The standard InChI is InChI=1S/C59H33N3O/c1-2-11-37(12-3-1)57-60-58(39-27-30-52-49(32-39)44-18-6-7-22-51(44)63-52)62-59(61-57)48-29-28-41(42-16-4-5-17-43(42)48)40-31-38-26-25-36-14-9-20-46-45-19-8-13-34-23-24-35-15-10-21-47(55(35)53(34)45)50(33-40)56(38)54(36)46/h1-33H. The molecule has 12 aromatic carbocycles. The molecule has 14 rings (SSSR count). The van der Waals surface area contributed by atoms with Crippen LogP contribution < -0.4 is 0 Å². The Bertz CT molecular complexity index is 4200. The lowest BCUT2D eigenvalue weighted by Gasteiger charge is -2.18. The highest BCUT2D eigenvalue weighted by molar-refractivity contribution is 6.37. The first-order valence-electron chi connectivity index (χ1n) is 21.4. The Kier molecular flexibility index (Phi) is 7.08. The van der Waals surface area contributed by atoms with E-state index in [0.29, 0.717) is 17.5 Å². The summed E-state index contributed by atoms with van der Waals surface area (Å²) in [6, 6.07) is 71.9. The van der Waals surface area contributed by atoms with Gasteiger partial charge >= 0.3 is 0 Å². The summed E-state index contributed by atoms with van der Waals surface area (Å²) in [4.78, 5) is 15.5. The number of rotatable bonds is 4. The minimum Gasteiger partial charge on any atom is -0.456 e. The molecule has 0 fully saturated rings. The first kappa shape index (κ1) is 34.3. The van der Waals surface area contributed by atoms with Gasteiger partial charge in [0.15, 0.2) is 17.5 Å². The molecule has 0 saturated carbocycles. The van der Waals surface area contributed by atoms with Crippen molar-refractivity contribution >= 4 is 97.3 Å². The zero-order chi connectivity index (χ0) is 41.2. The number of benzene rings is 11. The predicted molar refractivity (Wildman–Crippen MR) is 263 cm³/mol. The molecule has 0 N–H and O–H groups in total. The summed E-state index contributed by atoms with van der Waals surface area (Å²) in [7, 11) is 0. The van der Waals surface area contributed by atoms with E-state index in [-0.39, 0.29) is 0 Å². The second-order valence-corrected chi connectivity index (χ2v) is 16.7. The summed E-state index contributed by atoms with van der Waals surface area (Å²) >= 11 is 0. The van der Waals surface area contributed by atoms with E-state index >= 15 is 0 Å². The number of furan rings is 1. The van der Waals surface area contributed by atoms with Crippen LogP contribution in [-0.2, 0) is 0 Å². The number of nitrogens with zero attached hydrogens (tertiary/aromatic N) is 3. The van der Waals surface area contributed by atoms with Gasteiger partial charge in [0.2, 0.25) is 0 Å². The molecule has 0 atom stereocenters. The van der Waals surface area contributed by atoms with Gasteiger partial charge in [-0.15, -0.1) is 0 Å². The Morgan fingerprint density at radius 1 is 0.254 bits per heavy atom. The summed E-state index contributed by atoms with van der Waals surface area (Å²) in [6.07, 6.45) is 0. The van der Waals surface area contributed by atoms with E-state index in [4.69, 9.17) is 19.4 Å². The van der Waals surface area contributed by atoms with Crippen LogP contribution in [0.4, 0.5) is 0 Å². The van der Waals surface area contributed by atoms with E-state index in [2.05, 4.69) is 152 Å². The monoisotopic (exact) mass is 799 g/mol. The number of fused-ring (bicyclic) bond motifs is 6. The normalized spacial score (nSPS) is 12.1. The molecule has 0 amide bonds. The molecule has 2 heterocycles. The van der Waals surface area contributed by atoms with Crippen LogP contribution in [0.3, 0.4) is 0 Å². The van der Waals surface area contributed by atoms with Crippen LogP contribution in [0.1, 0.15) is 0 Å². The quantitative estimate of drug-likeness (QED) is 0.166. The van der Waals surface area contributed by atoms with Gasteiger partial charge in [0.05, 0.1) is 0 Å². The summed E-state index contributed by atoms with van der Waals surface area (Å²) in [5.74, 6) is 1.86. The summed E-state index contributed by atoms with van der Waals surface area (Å²) < 4.78 is 6.18. The van der Waals surface area contributed by atoms with Crippen molar-refractivity contribution in [2.45, 2.75) is 0 Å². The highest BCUT2D eigenvalue weighted by atomic mass is 16.3. The second kappa shape index (κ2) is 13.0. The molecule has 0 unspecified atom stereocenters. The molecule has 4 nitrogen and oxygen atoms in total. The maximum Gasteiger partial charge on any atom is 0.164 e. The molecule has 0 bridgehead atoms. The van der Waals surface area contributed by atoms with Crippen molar-refractivity contribution in [1.29, 1.82) is 0 Å². The second-order valence-electron chi connectivity index (χ2n) is 16.7. The van der Waals surface area contributed by atoms with Crippen LogP contribution in [0.5, 0.6) is 0 Å². The van der Waals surface area contributed by atoms with Crippen LogP contribution in [0.2, 0.25) is 0 Å². The number of para-hydroxylation sites is 1. The van der Waals surface area contributed by atoms with Gasteiger partial charge in [-0.1, -0.05) is 158 Å². The van der Waals surface area contributed by atoms with E-state index in [9.17, 15) is 0 Å². The zero-order valence-corrected chi connectivity index (χ0v) is 33.8. The molecular weight excluding hydrogens is 767 g/mol. The molecule has 14 aromatic rings. The summed E-state index contributed by atoms with van der Waals surface area (Å²) in [5, 5.41) is 19.5. The third-order valence-corrected chi connectivity index (χ3v) is 13.2. The van der Waals surface area contributed by atoms with Crippen molar-refractivity contribution in [2.24, 2.45) is 0 Å². The fourth-order valence-electron chi connectivity index (χ4n) is 10.4. The van der Waals surface area contributed by atoms with E-state index in [0.717, 1.165) is 60.5 Å². The molecule has 0 aliphatic carbocycles. The molecule has 0 spiro atoms. The zero-order valence-electron chi connectivity index (χ0n) is 33.8. The number of hydrogen-bond donors (Lipinski definition) is 0. The fourth-order valence-corrected chi connectivity index (χ4v) is 10.4. The van der Waals surface area contributed by atoms with Gasteiger partial charge in [0.1, 0.15) is 11.2 Å². The molecule has 63 heavy (non-hydrogen) atoms. The minimum atomic E-state index is 0.608. The van der Waals surface area contributed by atoms with Crippen molar-refractivity contribution in [3.05, 3.63) is 200 Å². The minimum absolute atomic E-state index is 0.608. The van der Waals surface area contributed by atoms with E-state index in [1.54, 1.807) is 0 Å². The largest absolute Gasteiger partial charge is 0.456 e. The smallest absolute Gasteiger partial charge is 0.164 e. The van der Waals surface area contributed by atoms with Crippen LogP contribution >= 0.6 is 0 Å². The van der Waals surface area contributed by atoms with Crippen molar-refractivity contribution in [2.75, 3.05) is 0 Å². The third kappa shape index (κ3) is 5.06. The Hall–Kier alpha value is -8.47. The Morgan fingerprint density at radius 2 is 0.746 bits per heavy atom. The number of aromatic nitrogens is 3. The van der Waals surface area contributed by atoms with Crippen LogP contribution in [-0.4, -0.2) is 15.0 Å². The van der Waals surface area contributed by atoms with Gasteiger partial charge in [0.25, 0.3) is 0 Å². The Labute approximate surface area is 360 Å². The Morgan fingerprint density at radius 3 is 1.44 bits per heavy atom. The molecule has 2 aromatic heterocycles. The molecule has 0 aliphatic heterocycles. The average molecular weight is 800 g/mol. The SMILES string of the molecule is c1ccc(-c2nc(-c3ccc4oc5ccccc5c4c3)nc(-c3ccc(-c4cc5ccc6cccc7c8cccc9ccc%10cccc(c(c4)c5c67)c%10c98)c4ccccc34)n2)cc1. The lowest BCUT2D eigenvalue weighted by Crippen LogP contribution is -2.00. The topological polar surface area (TPSA) is 51.8 Å². The van der Waals surface area contributed by atoms with E-state index < -0.39 is 0 Å². The predicted octanol–water partition coefficient (Wildman–Crippen LogP) is 15.9. The van der Waals surface area contributed by atoms with Gasteiger partial charge in [0, 0.05) is 27.5 Å². The first-order chi connectivity index (χ1) is 31.2. The average Bonchev–Trinajstić information content (AvgIpc) is 3.73. The van der Waals surface area contributed by atoms with Gasteiger partial charge in [-0.05, 0) is 129 Å². The van der Waals surface area contributed by atoms with Crippen LogP contribution in [0.15, 0.2) is 205 Å². The maximum atomic E-state index is 6.18. The lowest BCUT2D eigenvalue weighted by atomic mass is 9.86. The van der Waals surface area contributed by atoms with Gasteiger partial charge in [-0.25, -0.2) is 15.0 Å². The number of hydrogen-bond acceptors (Lipinski definition) is 4. The van der Waals surface area contributed by atoms with Crippen LogP contribution in [0.25, 0.3) is 143 Å². The summed E-state index contributed by atoms with van der Waals surface area (Å²) in [5.41, 5.74) is 6.79. The Balaban J connectivity index is 1.02. The lowest BCUT2D eigenvalue weighted by molar-refractivity contribution is 0.669. The van der Waals surface area contributed by atoms with E-state index in [1.807, 2.05) is 48.5 Å². The highest BCUT2D eigenvalue weighted by Gasteiger charge is 2.20. The molecule has 0 radical (unpaired) electrons. The fraction of sp³-hybridized carbons (Fsp3) is 0. The third-order valence-electron chi connectivity index (χ3n) is 13.2. The molecule has 0 saturated heterocycles. The van der Waals surface area contributed by atoms with Crippen molar-refractivity contribution < 1.29 is 4.42 Å². The summed E-state index contributed by atoms with van der Waals surface area (Å²) in [6.45, 7) is 0. The van der Waals surface area contributed by atoms with Crippen LogP contribution in [0, 0.1) is 0 Å². The first-order valence-corrected chi connectivity index (χ1v) is 21.4. The highest BCUT2D eigenvalue weighted by Crippen LogP contribution is 2.46. The molecule has 4 heteroatoms. The maximum absolute atomic E-state index is 6.18. The van der Waals surface area contributed by atoms with Crippen molar-refractivity contribution in [3.8, 4) is 45.3 Å². The molecular formula is C59H33N3O. The van der Waals surface area contributed by atoms with E-state index in [1.165, 1.54) is 64.6 Å². The molecule has 290 valence electrons. The molecule has 0 aliphatic rings. The van der Waals surface area contributed by atoms with Gasteiger partial charge in [-0.3, -0.25) is 0 Å². The van der Waals surface area contributed by atoms with Gasteiger partial charge in [-0.2, -0.15) is 0 Å². The van der Waals surface area contributed by atoms with Crippen molar-refractivity contribution in [1.82, 2.24) is 15.0 Å².